The van der Waals surface area contributed by atoms with E-state index in [0.29, 0.717) is 19.2 Å². The van der Waals surface area contributed by atoms with Gasteiger partial charge in [0.25, 0.3) is 0 Å². The van der Waals surface area contributed by atoms with Crippen molar-refractivity contribution in [1.29, 1.82) is 0 Å². The lowest BCUT2D eigenvalue weighted by Gasteiger charge is -1.99. The Hall–Kier alpha value is -1.56. The maximum absolute atomic E-state index is 10.7. The van der Waals surface area contributed by atoms with Crippen LogP contribution in [-0.4, -0.2) is 35.0 Å². The van der Waals surface area contributed by atoms with E-state index in [1.165, 1.54) is 0 Å². The van der Waals surface area contributed by atoms with E-state index in [4.69, 9.17) is 16.0 Å². The van der Waals surface area contributed by atoms with Crippen LogP contribution in [0, 0.1) is 0 Å². The molecule has 0 saturated carbocycles. The maximum Gasteiger partial charge on any atom is 0.172 e. The van der Waals surface area contributed by atoms with Crippen molar-refractivity contribution < 1.29 is 15.1 Å². The Morgan fingerprint density at radius 2 is 2.31 bits per heavy atom. The molecule has 0 aliphatic rings. The Bertz CT molecular complexity index is 213. The number of aliphatic hydroxyl groups is 1. The van der Waals surface area contributed by atoms with Crippen molar-refractivity contribution in [2.24, 2.45) is 10.9 Å². The van der Waals surface area contributed by atoms with Crippen LogP contribution < -0.4 is 11.1 Å². The monoisotopic (exact) mass is 187 g/mol. The Labute approximate surface area is 75.7 Å². The smallest absolute Gasteiger partial charge is 0.172 e. The highest BCUT2D eigenvalue weighted by Crippen LogP contribution is 1.77. The first kappa shape index (κ1) is 11.4. The number of amidine groups is 1. The van der Waals surface area contributed by atoms with Gasteiger partial charge in [-0.15, -0.1) is 0 Å². The molecule has 0 spiro atoms. The molecule has 0 heterocycles. The number of nitrogens with zero attached hydrogens (tertiary/aromatic N) is 1. The largest absolute Gasteiger partial charge is 0.515 e. The van der Waals surface area contributed by atoms with Crippen molar-refractivity contribution in [2.75, 3.05) is 13.1 Å². The predicted octanol–water partition coefficient (Wildman–Crippen LogP) is -0.647. The molecule has 0 atom stereocenters. The molecule has 5 N–H and O–H groups in total. The van der Waals surface area contributed by atoms with Crippen molar-refractivity contribution >= 4 is 11.6 Å². The number of carbonyl (C=O) groups excluding carboxylic acids is 1. The van der Waals surface area contributed by atoms with Crippen LogP contribution in [0.5, 0.6) is 0 Å². The molecule has 0 aromatic carbocycles. The number of ketones is 1. The van der Waals surface area contributed by atoms with E-state index in [1.54, 1.807) is 0 Å². The lowest BCUT2D eigenvalue weighted by atomic mass is 10.3. The molecule has 0 radical (unpaired) electrons. The summed E-state index contributed by atoms with van der Waals surface area (Å²) < 4.78 is 0. The molecule has 0 aliphatic heterocycles. The summed E-state index contributed by atoms with van der Waals surface area (Å²) in [6.45, 7) is 0.566. The molecule has 0 bridgehead atoms. The average molecular weight is 187 g/mol. The zero-order chi connectivity index (χ0) is 10.1. The second-order valence-electron chi connectivity index (χ2n) is 2.30. The van der Waals surface area contributed by atoms with E-state index in [1.807, 2.05) is 0 Å². The topological polar surface area (TPSA) is 108 Å². The number of oxime groups is 1. The molecular formula is C7H13N3O3. The third kappa shape index (κ3) is 6.82. The van der Waals surface area contributed by atoms with Gasteiger partial charge in [0.2, 0.25) is 0 Å². The van der Waals surface area contributed by atoms with Gasteiger partial charge in [-0.1, -0.05) is 5.16 Å². The zero-order valence-electron chi connectivity index (χ0n) is 7.10. The number of hydrogen-bond acceptors (Lipinski definition) is 5. The predicted molar refractivity (Wildman–Crippen MR) is 47.7 cm³/mol. The molecular weight excluding hydrogens is 174 g/mol. The summed E-state index contributed by atoms with van der Waals surface area (Å²) in [5.74, 6) is -0.125. The Kier molecular flexibility index (Phi) is 6.26. The first-order valence-corrected chi connectivity index (χ1v) is 3.71. The van der Waals surface area contributed by atoms with Crippen molar-refractivity contribution in [2.45, 2.75) is 6.42 Å². The molecule has 0 aromatic heterocycles. The van der Waals surface area contributed by atoms with Crippen molar-refractivity contribution in [3.05, 3.63) is 12.3 Å². The second kappa shape index (κ2) is 7.11. The lowest BCUT2D eigenvalue weighted by Crippen LogP contribution is -2.26. The molecule has 74 valence electrons. The number of hydrogen-bond donors (Lipinski definition) is 4. The lowest BCUT2D eigenvalue weighted by molar-refractivity contribution is -0.113. The number of rotatable bonds is 6. The SMILES string of the molecule is N/C(CCNCC(=O)/C=C\O)=N\O. The Morgan fingerprint density at radius 3 is 2.85 bits per heavy atom. The summed E-state index contributed by atoms with van der Waals surface area (Å²) in [5, 5.41) is 21.9. The molecule has 6 heteroatoms. The summed E-state index contributed by atoms with van der Waals surface area (Å²) in [5.41, 5.74) is 5.17. The van der Waals surface area contributed by atoms with E-state index in [-0.39, 0.29) is 18.2 Å². The van der Waals surface area contributed by atoms with Crippen LogP contribution >= 0.6 is 0 Å². The zero-order valence-corrected chi connectivity index (χ0v) is 7.10. The summed E-state index contributed by atoms with van der Waals surface area (Å²) in [6, 6.07) is 0. The van der Waals surface area contributed by atoms with Crippen LogP contribution in [0.2, 0.25) is 0 Å². The number of nitrogens with one attached hydrogen (secondary N) is 1. The first-order valence-electron chi connectivity index (χ1n) is 3.71. The van der Waals surface area contributed by atoms with Gasteiger partial charge in [-0.3, -0.25) is 4.79 Å². The van der Waals surface area contributed by atoms with Crippen LogP contribution in [0.4, 0.5) is 0 Å². The third-order valence-corrected chi connectivity index (χ3v) is 1.25. The van der Waals surface area contributed by atoms with Gasteiger partial charge in [0.15, 0.2) is 5.78 Å². The molecule has 0 rings (SSSR count). The van der Waals surface area contributed by atoms with Crippen LogP contribution in [0.25, 0.3) is 0 Å². The fraction of sp³-hybridized carbons (Fsp3) is 0.429. The summed E-state index contributed by atoms with van der Waals surface area (Å²) in [7, 11) is 0. The van der Waals surface area contributed by atoms with Crippen molar-refractivity contribution in [3.63, 3.8) is 0 Å². The minimum atomic E-state index is -0.234. The van der Waals surface area contributed by atoms with E-state index in [2.05, 4.69) is 10.5 Å². The average Bonchev–Trinajstić information content (AvgIpc) is 2.12. The number of carbonyl (C=O) groups is 1. The number of aliphatic hydroxyl groups excluding tert-OH is 1. The minimum absolute atomic E-state index is 0.109. The molecule has 0 unspecified atom stereocenters. The first-order chi connectivity index (χ1) is 6.20. The quantitative estimate of drug-likeness (QED) is 0.0840. The van der Waals surface area contributed by atoms with Gasteiger partial charge in [0, 0.05) is 19.0 Å². The Morgan fingerprint density at radius 1 is 1.62 bits per heavy atom. The highest BCUT2D eigenvalue weighted by Gasteiger charge is 1.96. The summed E-state index contributed by atoms with van der Waals surface area (Å²) >= 11 is 0. The van der Waals surface area contributed by atoms with Crippen LogP contribution in [0.1, 0.15) is 6.42 Å². The fourth-order valence-corrected chi connectivity index (χ4v) is 0.620. The van der Waals surface area contributed by atoms with Crippen molar-refractivity contribution in [1.82, 2.24) is 5.32 Å². The van der Waals surface area contributed by atoms with E-state index < -0.39 is 0 Å². The van der Waals surface area contributed by atoms with Gasteiger partial charge in [-0.25, -0.2) is 0 Å². The van der Waals surface area contributed by atoms with Gasteiger partial charge in [0.1, 0.15) is 5.84 Å². The van der Waals surface area contributed by atoms with Gasteiger partial charge < -0.3 is 21.4 Å². The standard InChI is InChI=1S/C7H13N3O3/c8-7(10-13)1-3-9-5-6(12)2-4-11/h2,4,9,11,13H,1,3,5H2,(H2,8,10)/b4-2-. The molecule has 0 aromatic rings. The minimum Gasteiger partial charge on any atom is -0.515 e. The second-order valence-corrected chi connectivity index (χ2v) is 2.30. The van der Waals surface area contributed by atoms with E-state index in [0.717, 1.165) is 6.08 Å². The van der Waals surface area contributed by atoms with Crippen LogP contribution in [0.15, 0.2) is 17.5 Å². The van der Waals surface area contributed by atoms with Gasteiger partial charge in [0.05, 0.1) is 12.8 Å². The third-order valence-electron chi connectivity index (χ3n) is 1.25. The molecule has 0 fully saturated rings. The molecule has 0 saturated heterocycles. The highest BCUT2D eigenvalue weighted by atomic mass is 16.4. The maximum atomic E-state index is 10.7. The molecule has 6 nitrogen and oxygen atoms in total. The molecule has 0 amide bonds. The highest BCUT2D eigenvalue weighted by molar-refractivity contribution is 5.91. The molecule has 13 heavy (non-hydrogen) atoms. The Balaban J connectivity index is 3.41. The summed E-state index contributed by atoms with van der Waals surface area (Å²) in [4.78, 5) is 10.7. The van der Waals surface area contributed by atoms with Crippen molar-refractivity contribution in [3.8, 4) is 0 Å². The number of nitrogens with two attached hydrogens (primary N) is 1. The van der Waals surface area contributed by atoms with E-state index >= 15 is 0 Å². The summed E-state index contributed by atoms with van der Waals surface area (Å²) in [6.07, 6.45) is 2.11. The fourth-order valence-electron chi connectivity index (χ4n) is 0.620. The van der Waals surface area contributed by atoms with Gasteiger partial charge >= 0.3 is 0 Å². The molecule has 0 aliphatic carbocycles. The normalized spacial score (nSPS) is 12.2. The van der Waals surface area contributed by atoms with Gasteiger partial charge in [-0.2, -0.15) is 0 Å². The van der Waals surface area contributed by atoms with Gasteiger partial charge in [-0.05, 0) is 0 Å². The van der Waals surface area contributed by atoms with Crippen LogP contribution in [-0.2, 0) is 4.79 Å². The van der Waals surface area contributed by atoms with Crippen LogP contribution in [0.3, 0.4) is 0 Å². The van der Waals surface area contributed by atoms with E-state index in [9.17, 15) is 4.79 Å².